The van der Waals surface area contributed by atoms with E-state index < -0.39 is 0 Å². The van der Waals surface area contributed by atoms with Crippen LogP contribution in [0, 0.1) is 11.7 Å². The summed E-state index contributed by atoms with van der Waals surface area (Å²) in [4.78, 5) is 14.9. The van der Waals surface area contributed by atoms with E-state index in [0.29, 0.717) is 12.1 Å². The smallest absolute Gasteiger partial charge is 0.229 e. The number of rotatable bonds is 3. The fraction of sp³-hybridized carbons (Fsp3) is 0.480. The zero-order valence-corrected chi connectivity index (χ0v) is 18.3. The molecule has 0 bridgehead atoms. The van der Waals surface area contributed by atoms with E-state index in [2.05, 4.69) is 5.32 Å². The van der Waals surface area contributed by atoms with E-state index in [-0.39, 0.29) is 23.4 Å². The van der Waals surface area contributed by atoms with Crippen LogP contribution in [0.1, 0.15) is 51.5 Å². The van der Waals surface area contributed by atoms with Gasteiger partial charge in [-0.2, -0.15) is 0 Å². The topological polar surface area (TPSA) is 41.6 Å². The van der Waals surface area contributed by atoms with E-state index in [1.807, 2.05) is 36.9 Å². The van der Waals surface area contributed by atoms with Gasteiger partial charge in [0.15, 0.2) is 11.6 Å². The highest BCUT2D eigenvalue weighted by Gasteiger charge is 2.22. The number of nitrogens with one attached hydrogen (secondary N) is 1. The number of carbonyl (C=O) groups excluding carboxylic acids is 1. The van der Waals surface area contributed by atoms with E-state index in [0.717, 1.165) is 49.2 Å². The van der Waals surface area contributed by atoms with Crippen molar-refractivity contribution in [2.24, 2.45) is 5.92 Å². The molecule has 0 spiro atoms. The molecule has 2 aromatic carbocycles. The number of halogens is 1. The molecule has 0 aromatic heterocycles. The van der Waals surface area contributed by atoms with Crippen LogP contribution in [-0.4, -0.2) is 26.1 Å². The van der Waals surface area contributed by atoms with E-state index >= 15 is 0 Å². The zero-order valence-electron chi connectivity index (χ0n) is 18.3. The van der Waals surface area contributed by atoms with E-state index in [9.17, 15) is 9.18 Å². The summed E-state index contributed by atoms with van der Waals surface area (Å²) in [6.07, 6.45) is 5.68. The molecule has 1 heterocycles. The molecular formula is C25H33FN2O2. The molecule has 0 unspecified atom stereocenters. The first-order valence-corrected chi connectivity index (χ1v) is 11.0. The summed E-state index contributed by atoms with van der Waals surface area (Å²) < 4.78 is 20.0. The van der Waals surface area contributed by atoms with Crippen molar-refractivity contribution >= 4 is 11.6 Å². The van der Waals surface area contributed by atoms with Gasteiger partial charge in [-0.15, -0.1) is 0 Å². The van der Waals surface area contributed by atoms with Gasteiger partial charge < -0.3 is 15.0 Å². The van der Waals surface area contributed by atoms with Gasteiger partial charge in [0.1, 0.15) is 0 Å². The van der Waals surface area contributed by atoms with Gasteiger partial charge in [-0.3, -0.25) is 4.79 Å². The Morgan fingerprint density at radius 2 is 1.87 bits per heavy atom. The summed E-state index contributed by atoms with van der Waals surface area (Å²) in [5, 5.41) is 3.51. The maximum Gasteiger partial charge on any atom is 0.229 e. The van der Waals surface area contributed by atoms with Gasteiger partial charge in [-0.1, -0.05) is 51.3 Å². The number of benzene rings is 2. The molecule has 0 aliphatic carbocycles. The Morgan fingerprint density at radius 3 is 2.63 bits per heavy atom. The molecular weight excluding hydrogens is 379 g/mol. The van der Waals surface area contributed by atoms with E-state index in [1.54, 1.807) is 18.2 Å². The molecule has 30 heavy (non-hydrogen) atoms. The zero-order chi connectivity index (χ0) is 21.5. The summed E-state index contributed by atoms with van der Waals surface area (Å²) in [6, 6.07) is 11.1. The first-order chi connectivity index (χ1) is 14.5. The Kier molecular flexibility index (Phi) is 7.86. The number of methoxy groups -OCH3 is 1. The third kappa shape index (κ3) is 5.20. The number of ether oxygens (including phenoxy) is 1. The van der Waals surface area contributed by atoms with Crippen molar-refractivity contribution in [1.82, 2.24) is 5.32 Å². The van der Waals surface area contributed by atoms with Crippen molar-refractivity contribution in [2.45, 2.75) is 52.5 Å². The van der Waals surface area contributed by atoms with Crippen LogP contribution in [0.2, 0.25) is 0 Å². The normalized spacial score (nSPS) is 15.8. The van der Waals surface area contributed by atoms with Crippen molar-refractivity contribution < 1.29 is 13.9 Å². The van der Waals surface area contributed by atoms with Crippen molar-refractivity contribution in [3.05, 3.63) is 47.8 Å². The molecule has 5 heteroatoms. The van der Waals surface area contributed by atoms with Crippen LogP contribution in [0.3, 0.4) is 0 Å². The van der Waals surface area contributed by atoms with Crippen molar-refractivity contribution in [3.8, 4) is 16.9 Å². The Balaban J connectivity index is 2.04. The average Bonchev–Trinajstić information content (AvgIpc) is 2.74. The summed E-state index contributed by atoms with van der Waals surface area (Å²) in [5.41, 5.74) is 3.24. The van der Waals surface area contributed by atoms with Crippen LogP contribution >= 0.6 is 0 Å². The second-order valence-corrected chi connectivity index (χ2v) is 8.25. The van der Waals surface area contributed by atoms with E-state index in [1.165, 1.54) is 20.0 Å². The number of amides is 1. The minimum absolute atomic E-state index is 0.0748. The molecule has 1 N–H and O–H groups in total. The van der Waals surface area contributed by atoms with Gasteiger partial charge in [0.2, 0.25) is 5.91 Å². The molecule has 0 saturated carbocycles. The fourth-order valence-electron chi connectivity index (χ4n) is 3.98. The number of anilines is 1. The first-order valence-electron chi connectivity index (χ1n) is 11.0. The van der Waals surface area contributed by atoms with E-state index in [4.69, 9.17) is 4.74 Å². The van der Waals surface area contributed by atoms with Gasteiger partial charge >= 0.3 is 0 Å². The first kappa shape index (κ1) is 22.3. The molecule has 162 valence electrons. The molecule has 0 saturated heterocycles. The number of nitrogens with zero attached hydrogens (tertiary/aromatic N) is 1. The average molecular weight is 413 g/mol. The van der Waals surface area contributed by atoms with Crippen LogP contribution in [-0.2, 0) is 11.3 Å². The number of carbonyl (C=O) groups is 1. The van der Waals surface area contributed by atoms with Crippen LogP contribution in [0.15, 0.2) is 36.4 Å². The number of fused-ring (bicyclic) bond motifs is 1. The largest absolute Gasteiger partial charge is 0.494 e. The van der Waals surface area contributed by atoms with Gasteiger partial charge in [0.05, 0.1) is 7.11 Å². The Labute approximate surface area is 179 Å². The molecule has 0 fully saturated rings. The van der Waals surface area contributed by atoms with Crippen molar-refractivity contribution in [1.29, 1.82) is 0 Å². The highest BCUT2D eigenvalue weighted by atomic mass is 19.1. The Bertz CT molecular complexity index is 866. The lowest BCUT2D eigenvalue weighted by atomic mass is 9.99. The lowest BCUT2D eigenvalue weighted by Crippen LogP contribution is -2.36. The summed E-state index contributed by atoms with van der Waals surface area (Å²) >= 11 is 0. The van der Waals surface area contributed by atoms with Gasteiger partial charge in [0, 0.05) is 30.3 Å². The maximum absolute atomic E-state index is 14.9. The third-order valence-corrected chi connectivity index (χ3v) is 5.68. The monoisotopic (exact) mass is 412 g/mol. The summed E-state index contributed by atoms with van der Waals surface area (Å²) in [7, 11) is 1.47. The molecule has 1 amide bonds. The van der Waals surface area contributed by atoms with Crippen molar-refractivity contribution in [3.63, 3.8) is 0 Å². The van der Waals surface area contributed by atoms with Crippen LogP contribution in [0.25, 0.3) is 11.1 Å². The highest BCUT2D eigenvalue weighted by molar-refractivity contribution is 5.95. The summed E-state index contributed by atoms with van der Waals surface area (Å²) in [6.45, 7) is 6.19. The molecule has 0 atom stereocenters. The SMILES string of the molecule is COc1cccc(-c2ccc3c(c2)CNCCCCCCCN3C(=O)C(C)C)c1F. The number of hydrogen-bond donors (Lipinski definition) is 1. The van der Waals surface area contributed by atoms with Crippen LogP contribution in [0.5, 0.6) is 5.75 Å². The second-order valence-electron chi connectivity index (χ2n) is 8.25. The van der Waals surface area contributed by atoms with Crippen LogP contribution in [0.4, 0.5) is 10.1 Å². The van der Waals surface area contributed by atoms with Gasteiger partial charge in [-0.05, 0) is 48.7 Å². The molecule has 1 aliphatic heterocycles. The molecule has 2 aromatic rings. The molecule has 4 nitrogen and oxygen atoms in total. The maximum atomic E-state index is 14.9. The molecule has 3 rings (SSSR count). The van der Waals surface area contributed by atoms with Crippen molar-refractivity contribution in [2.75, 3.05) is 25.1 Å². The van der Waals surface area contributed by atoms with Gasteiger partial charge in [0.25, 0.3) is 0 Å². The Hall–Kier alpha value is -2.40. The molecule has 0 radical (unpaired) electrons. The quantitative estimate of drug-likeness (QED) is 0.719. The van der Waals surface area contributed by atoms with Crippen LogP contribution < -0.4 is 15.0 Å². The fourth-order valence-corrected chi connectivity index (χ4v) is 3.98. The highest BCUT2D eigenvalue weighted by Crippen LogP contribution is 2.33. The standard InChI is InChI=1S/C25H33FN2O2/c1-18(2)25(29)28-15-8-6-4-5-7-14-27-17-20-16-19(12-13-22(20)28)21-10-9-11-23(30-3)24(21)26/h9-13,16,18,27H,4-8,14-15,17H2,1-3H3. The third-order valence-electron chi connectivity index (χ3n) is 5.68. The molecule has 1 aliphatic rings. The lowest BCUT2D eigenvalue weighted by Gasteiger charge is -2.28. The van der Waals surface area contributed by atoms with Gasteiger partial charge in [-0.25, -0.2) is 4.39 Å². The number of hydrogen-bond acceptors (Lipinski definition) is 3. The lowest BCUT2D eigenvalue weighted by molar-refractivity contribution is -0.121. The predicted molar refractivity (Wildman–Crippen MR) is 120 cm³/mol. The minimum atomic E-state index is -0.365. The minimum Gasteiger partial charge on any atom is -0.494 e. The summed E-state index contributed by atoms with van der Waals surface area (Å²) in [5.74, 6) is -0.0750. The second kappa shape index (κ2) is 10.6. The predicted octanol–water partition coefficient (Wildman–Crippen LogP) is 5.54. The Morgan fingerprint density at radius 1 is 1.10 bits per heavy atom.